The number of hydrogen-bond donors (Lipinski definition) is 3. The summed E-state index contributed by atoms with van der Waals surface area (Å²) < 4.78 is 11.5. The standard InChI is InChI=1S/C18H18BrN3O4S/c1-11-9-12(19)7-8-14(11)26-10-16(23)21-22-18(27)20-17(24)13-5-3-4-6-15(13)25-2/h3-9H,10H2,1-2H3,(H,21,23)(H2,20,22,24,27). The molecule has 0 bridgehead atoms. The smallest absolute Gasteiger partial charge is 0.276 e. The second-order valence-corrected chi connectivity index (χ2v) is 6.68. The fraction of sp³-hybridized carbons (Fsp3) is 0.167. The van der Waals surface area contributed by atoms with E-state index in [9.17, 15) is 9.59 Å². The van der Waals surface area contributed by atoms with Crippen molar-refractivity contribution in [2.45, 2.75) is 6.92 Å². The van der Waals surface area contributed by atoms with Crippen LogP contribution >= 0.6 is 28.1 Å². The van der Waals surface area contributed by atoms with Crippen molar-refractivity contribution in [2.24, 2.45) is 0 Å². The molecule has 27 heavy (non-hydrogen) atoms. The molecule has 0 aromatic heterocycles. The van der Waals surface area contributed by atoms with Gasteiger partial charge >= 0.3 is 0 Å². The maximum Gasteiger partial charge on any atom is 0.276 e. The van der Waals surface area contributed by atoms with Crippen LogP contribution < -0.4 is 25.6 Å². The number of aryl methyl sites for hydroxylation is 1. The zero-order valence-corrected chi connectivity index (χ0v) is 17.1. The molecule has 0 fully saturated rings. The molecule has 0 aliphatic rings. The summed E-state index contributed by atoms with van der Waals surface area (Å²) in [5, 5.41) is 2.40. The highest BCUT2D eigenvalue weighted by molar-refractivity contribution is 9.10. The lowest BCUT2D eigenvalue weighted by Gasteiger charge is -2.13. The van der Waals surface area contributed by atoms with Crippen LogP contribution in [0.5, 0.6) is 11.5 Å². The number of ether oxygens (including phenoxy) is 2. The van der Waals surface area contributed by atoms with E-state index in [1.54, 1.807) is 30.3 Å². The molecular weight excluding hydrogens is 434 g/mol. The summed E-state index contributed by atoms with van der Waals surface area (Å²) in [6, 6.07) is 12.2. The van der Waals surface area contributed by atoms with Gasteiger partial charge in [0.1, 0.15) is 11.5 Å². The van der Waals surface area contributed by atoms with Crippen molar-refractivity contribution in [1.29, 1.82) is 0 Å². The molecule has 0 aliphatic carbocycles. The summed E-state index contributed by atoms with van der Waals surface area (Å²) in [6.45, 7) is 1.66. The quantitative estimate of drug-likeness (QED) is 0.477. The molecule has 0 radical (unpaired) electrons. The van der Waals surface area contributed by atoms with Gasteiger partial charge in [-0.15, -0.1) is 0 Å². The highest BCUT2D eigenvalue weighted by Crippen LogP contribution is 2.22. The van der Waals surface area contributed by atoms with E-state index in [1.807, 2.05) is 19.1 Å². The van der Waals surface area contributed by atoms with Gasteiger partial charge in [0.15, 0.2) is 11.7 Å². The van der Waals surface area contributed by atoms with Gasteiger partial charge in [-0.05, 0) is 55.0 Å². The van der Waals surface area contributed by atoms with Gasteiger partial charge < -0.3 is 9.47 Å². The molecule has 0 atom stereocenters. The predicted octanol–water partition coefficient (Wildman–Crippen LogP) is 2.48. The van der Waals surface area contributed by atoms with E-state index < -0.39 is 11.8 Å². The van der Waals surface area contributed by atoms with E-state index in [0.29, 0.717) is 17.1 Å². The molecule has 2 rings (SSSR count). The molecule has 3 N–H and O–H groups in total. The van der Waals surface area contributed by atoms with Crippen LogP contribution in [-0.4, -0.2) is 30.6 Å². The first-order valence-corrected chi connectivity index (χ1v) is 9.03. The molecule has 9 heteroatoms. The number of thiocarbonyl (C=S) groups is 1. The Morgan fingerprint density at radius 2 is 1.85 bits per heavy atom. The minimum absolute atomic E-state index is 0.0564. The van der Waals surface area contributed by atoms with Gasteiger partial charge in [-0.2, -0.15) is 0 Å². The van der Waals surface area contributed by atoms with Crippen LogP contribution in [0.3, 0.4) is 0 Å². The third kappa shape index (κ3) is 6.22. The number of hydrazine groups is 1. The first-order chi connectivity index (χ1) is 12.9. The minimum Gasteiger partial charge on any atom is -0.496 e. The molecule has 7 nitrogen and oxygen atoms in total. The fourth-order valence-corrected chi connectivity index (χ4v) is 2.73. The Morgan fingerprint density at radius 1 is 1.11 bits per heavy atom. The lowest BCUT2D eigenvalue weighted by Crippen LogP contribution is -2.49. The number of carbonyl (C=O) groups is 2. The van der Waals surface area contributed by atoms with Crippen LogP contribution in [0, 0.1) is 6.92 Å². The first kappa shape index (κ1) is 20.7. The lowest BCUT2D eigenvalue weighted by atomic mass is 10.2. The molecule has 0 saturated heterocycles. The van der Waals surface area contributed by atoms with Crippen molar-refractivity contribution >= 4 is 45.1 Å². The summed E-state index contributed by atoms with van der Waals surface area (Å²) in [5.41, 5.74) is 6.03. The third-order valence-electron chi connectivity index (χ3n) is 3.39. The Kier molecular flexibility index (Phi) is 7.56. The highest BCUT2D eigenvalue weighted by atomic mass is 79.9. The number of benzene rings is 2. The average molecular weight is 452 g/mol. The molecule has 2 amide bonds. The van der Waals surface area contributed by atoms with Crippen LogP contribution in [0.1, 0.15) is 15.9 Å². The Hall–Kier alpha value is -2.65. The Morgan fingerprint density at radius 3 is 2.56 bits per heavy atom. The highest BCUT2D eigenvalue weighted by Gasteiger charge is 2.13. The maximum absolute atomic E-state index is 12.2. The van der Waals surface area contributed by atoms with E-state index in [4.69, 9.17) is 21.7 Å². The molecule has 0 aliphatic heterocycles. The predicted molar refractivity (Wildman–Crippen MR) is 109 cm³/mol. The van der Waals surface area contributed by atoms with E-state index >= 15 is 0 Å². The monoisotopic (exact) mass is 451 g/mol. The summed E-state index contributed by atoms with van der Waals surface area (Å²) >= 11 is 8.36. The number of rotatable bonds is 5. The van der Waals surface area contributed by atoms with Gasteiger partial charge in [0.2, 0.25) is 0 Å². The molecule has 0 spiro atoms. The van der Waals surface area contributed by atoms with Gasteiger partial charge in [0.05, 0.1) is 12.7 Å². The van der Waals surface area contributed by atoms with E-state index in [-0.39, 0.29) is 11.7 Å². The molecule has 2 aromatic carbocycles. The minimum atomic E-state index is -0.457. The number of para-hydroxylation sites is 1. The van der Waals surface area contributed by atoms with E-state index in [2.05, 4.69) is 32.1 Å². The largest absolute Gasteiger partial charge is 0.496 e. The van der Waals surface area contributed by atoms with E-state index in [0.717, 1.165) is 10.0 Å². The van der Waals surface area contributed by atoms with Gasteiger partial charge in [-0.3, -0.25) is 25.8 Å². The summed E-state index contributed by atoms with van der Waals surface area (Å²) in [4.78, 5) is 24.1. The Balaban J connectivity index is 1.79. The Labute approximate surface area is 170 Å². The number of methoxy groups -OCH3 is 1. The van der Waals surface area contributed by atoms with Gasteiger partial charge in [-0.1, -0.05) is 28.1 Å². The maximum atomic E-state index is 12.2. The molecule has 0 unspecified atom stereocenters. The summed E-state index contributed by atoms with van der Waals surface area (Å²) in [7, 11) is 1.47. The van der Waals surface area contributed by atoms with Crippen molar-refractivity contribution < 1.29 is 19.1 Å². The van der Waals surface area contributed by atoms with Gasteiger partial charge in [0.25, 0.3) is 11.8 Å². The molecule has 2 aromatic rings. The molecule has 142 valence electrons. The SMILES string of the molecule is COc1ccccc1C(=O)NC(=S)NNC(=O)COc1ccc(Br)cc1C. The van der Waals surface area contributed by atoms with Crippen molar-refractivity contribution in [3.63, 3.8) is 0 Å². The van der Waals surface area contributed by atoms with Gasteiger partial charge in [-0.25, -0.2) is 0 Å². The first-order valence-electron chi connectivity index (χ1n) is 7.83. The average Bonchev–Trinajstić information content (AvgIpc) is 2.65. The number of halogens is 1. The molecular formula is C18H18BrN3O4S. The number of hydrogen-bond acceptors (Lipinski definition) is 5. The van der Waals surface area contributed by atoms with Crippen LogP contribution in [0.25, 0.3) is 0 Å². The van der Waals surface area contributed by atoms with Crippen LogP contribution in [0.4, 0.5) is 0 Å². The van der Waals surface area contributed by atoms with Crippen molar-refractivity contribution in [2.75, 3.05) is 13.7 Å². The van der Waals surface area contributed by atoms with E-state index in [1.165, 1.54) is 7.11 Å². The Bertz CT molecular complexity index is 860. The lowest BCUT2D eigenvalue weighted by molar-refractivity contribution is -0.123. The summed E-state index contributed by atoms with van der Waals surface area (Å²) in [6.07, 6.45) is 0. The molecule has 0 heterocycles. The normalized spacial score (nSPS) is 9.89. The van der Waals surface area contributed by atoms with Crippen molar-refractivity contribution in [1.82, 2.24) is 16.2 Å². The second kappa shape index (κ2) is 9.89. The van der Waals surface area contributed by atoms with Crippen LogP contribution in [0.2, 0.25) is 0 Å². The zero-order valence-electron chi connectivity index (χ0n) is 14.7. The topological polar surface area (TPSA) is 88.7 Å². The van der Waals surface area contributed by atoms with Crippen molar-refractivity contribution in [3.8, 4) is 11.5 Å². The summed E-state index contributed by atoms with van der Waals surface area (Å²) in [5.74, 6) is 0.104. The number of carbonyl (C=O) groups excluding carboxylic acids is 2. The van der Waals surface area contributed by atoms with Crippen LogP contribution in [-0.2, 0) is 4.79 Å². The van der Waals surface area contributed by atoms with Crippen LogP contribution in [0.15, 0.2) is 46.9 Å². The number of amides is 2. The fourth-order valence-electron chi connectivity index (χ4n) is 2.11. The van der Waals surface area contributed by atoms with Crippen molar-refractivity contribution in [3.05, 3.63) is 58.1 Å². The molecule has 0 saturated carbocycles. The number of nitrogens with one attached hydrogen (secondary N) is 3. The zero-order chi connectivity index (χ0) is 19.8. The van der Waals surface area contributed by atoms with Gasteiger partial charge in [0, 0.05) is 4.47 Å². The third-order valence-corrected chi connectivity index (χ3v) is 4.09. The second-order valence-electron chi connectivity index (χ2n) is 5.36.